The van der Waals surface area contributed by atoms with Crippen LogP contribution in [0.15, 0.2) is 42.5 Å². The van der Waals surface area contributed by atoms with Gasteiger partial charge >= 0.3 is 136 Å². The van der Waals surface area contributed by atoms with Crippen molar-refractivity contribution in [3.63, 3.8) is 0 Å². The molecule has 116 valence electrons. The number of anilines is 1. The molecule has 22 heavy (non-hydrogen) atoms. The second-order valence-corrected chi connectivity index (χ2v) is 8.87. The van der Waals surface area contributed by atoms with Gasteiger partial charge in [-0.3, -0.25) is 0 Å². The quantitative estimate of drug-likeness (QED) is 0.780. The number of benzene rings is 2. The number of ether oxygens (including phenoxy) is 2. The van der Waals surface area contributed by atoms with Crippen LogP contribution in [0.4, 0.5) is 5.69 Å². The van der Waals surface area contributed by atoms with Crippen LogP contribution >= 0.6 is 0 Å². The Hall–Kier alpha value is -1.69. The molecule has 2 aromatic rings. The van der Waals surface area contributed by atoms with Gasteiger partial charge in [0.1, 0.15) is 0 Å². The summed E-state index contributed by atoms with van der Waals surface area (Å²) in [6.45, 7) is 0.970. The summed E-state index contributed by atoms with van der Waals surface area (Å²) in [6.07, 6.45) is 1.14. The Morgan fingerprint density at radius 2 is 1.68 bits per heavy atom. The van der Waals surface area contributed by atoms with E-state index in [1.807, 2.05) is 36.4 Å². The zero-order valence-electron chi connectivity index (χ0n) is 11.9. The third-order valence-electron chi connectivity index (χ3n) is 2.91. The molecule has 0 saturated heterocycles. The zero-order valence-corrected chi connectivity index (χ0v) is 14.4. The molecule has 0 spiro atoms. The molecule has 0 atom stereocenters. The number of fused-ring (bicyclic) bond motifs is 1. The minimum atomic E-state index is -3.35. The first-order chi connectivity index (χ1) is 10.5. The van der Waals surface area contributed by atoms with E-state index in [4.69, 9.17) is 9.47 Å². The van der Waals surface area contributed by atoms with Gasteiger partial charge < -0.3 is 0 Å². The van der Waals surface area contributed by atoms with Gasteiger partial charge in [-0.05, 0) is 0 Å². The van der Waals surface area contributed by atoms with E-state index in [1.54, 1.807) is 6.07 Å². The standard InChI is InChI=1S/C15H15NO4SSe/c1-21(17,18)16-12-9-13-14(20-8-7-19-13)10-15(12)22-11-5-3-2-4-6-11/h2-6,9-10,16H,7-8H2,1H3. The molecule has 3 rings (SSSR count). The van der Waals surface area contributed by atoms with E-state index >= 15 is 0 Å². The molecule has 0 saturated carbocycles. The van der Waals surface area contributed by atoms with Crippen molar-refractivity contribution in [2.24, 2.45) is 0 Å². The van der Waals surface area contributed by atoms with E-state index < -0.39 is 10.0 Å². The van der Waals surface area contributed by atoms with Crippen LogP contribution in [0.2, 0.25) is 0 Å². The van der Waals surface area contributed by atoms with Gasteiger partial charge in [-0.2, -0.15) is 0 Å². The van der Waals surface area contributed by atoms with Gasteiger partial charge in [0.05, 0.1) is 0 Å². The SMILES string of the molecule is CS(=O)(=O)Nc1cc2c(cc1[Se]c1ccccc1)OCCO2. The van der Waals surface area contributed by atoms with Crippen molar-refractivity contribution in [3.8, 4) is 11.5 Å². The molecule has 0 unspecified atom stereocenters. The molecule has 0 aromatic heterocycles. The summed E-state index contributed by atoms with van der Waals surface area (Å²) >= 11 is -0.0376. The summed E-state index contributed by atoms with van der Waals surface area (Å²) in [5.41, 5.74) is 0.551. The van der Waals surface area contributed by atoms with E-state index in [0.29, 0.717) is 30.4 Å². The van der Waals surface area contributed by atoms with Crippen molar-refractivity contribution < 1.29 is 17.9 Å². The van der Waals surface area contributed by atoms with Gasteiger partial charge in [0, 0.05) is 0 Å². The molecule has 0 bridgehead atoms. The third kappa shape index (κ3) is 3.74. The number of nitrogens with one attached hydrogen (secondary N) is 1. The van der Waals surface area contributed by atoms with Crippen molar-refractivity contribution in [3.05, 3.63) is 42.5 Å². The fourth-order valence-corrected chi connectivity index (χ4v) is 4.72. The molecule has 2 aromatic carbocycles. The van der Waals surface area contributed by atoms with Crippen LogP contribution in [0.3, 0.4) is 0 Å². The van der Waals surface area contributed by atoms with Crippen LogP contribution in [0.1, 0.15) is 0 Å². The number of hydrogen-bond acceptors (Lipinski definition) is 4. The summed E-state index contributed by atoms with van der Waals surface area (Å²) in [7, 11) is -3.35. The second kappa shape index (κ2) is 6.20. The minimum absolute atomic E-state index is 0.0376. The van der Waals surface area contributed by atoms with Crippen molar-refractivity contribution in [1.29, 1.82) is 0 Å². The van der Waals surface area contributed by atoms with Crippen LogP contribution in [0.5, 0.6) is 11.5 Å². The monoisotopic (exact) mass is 385 g/mol. The van der Waals surface area contributed by atoms with Gasteiger partial charge in [0.2, 0.25) is 0 Å². The van der Waals surface area contributed by atoms with Gasteiger partial charge in [0.15, 0.2) is 0 Å². The van der Waals surface area contributed by atoms with Crippen molar-refractivity contribution in [2.45, 2.75) is 0 Å². The Morgan fingerprint density at radius 3 is 2.32 bits per heavy atom. The summed E-state index contributed by atoms with van der Waals surface area (Å²) in [5.74, 6) is 1.24. The summed E-state index contributed by atoms with van der Waals surface area (Å²) in [5, 5.41) is 0. The van der Waals surface area contributed by atoms with Crippen LogP contribution < -0.4 is 23.1 Å². The second-order valence-electron chi connectivity index (χ2n) is 4.78. The van der Waals surface area contributed by atoms with Gasteiger partial charge in [-0.25, -0.2) is 0 Å². The molecule has 1 aliphatic heterocycles. The van der Waals surface area contributed by atoms with Crippen LogP contribution in [0.25, 0.3) is 0 Å². The van der Waals surface area contributed by atoms with Crippen molar-refractivity contribution in [2.75, 3.05) is 24.2 Å². The molecule has 0 fully saturated rings. The molecule has 1 aliphatic rings. The fraction of sp³-hybridized carbons (Fsp3) is 0.200. The average Bonchev–Trinajstić information content (AvgIpc) is 2.47. The zero-order chi connectivity index (χ0) is 15.6. The first-order valence-corrected chi connectivity index (χ1v) is 10.3. The maximum atomic E-state index is 11.6. The van der Waals surface area contributed by atoms with E-state index in [1.165, 1.54) is 0 Å². The summed E-state index contributed by atoms with van der Waals surface area (Å²) in [6, 6.07) is 13.5. The van der Waals surface area contributed by atoms with Crippen LogP contribution in [-0.4, -0.2) is 42.8 Å². The van der Waals surface area contributed by atoms with Gasteiger partial charge in [-0.1, -0.05) is 0 Å². The Kier molecular flexibility index (Phi) is 4.29. The molecular weight excluding hydrogens is 369 g/mol. The molecule has 1 heterocycles. The third-order valence-corrected chi connectivity index (χ3v) is 5.74. The molecule has 0 aliphatic carbocycles. The fourth-order valence-electron chi connectivity index (χ4n) is 2.05. The topological polar surface area (TPSA) is 64.6 Å². The van der Waals surface area contributed by atoms with Gasteiger partial charge in [0.25, 0.3) is 0 Å². The summed E-state index contributed by atoms with van der Waals surface area (Å²) < 4.78 is 39.0. The number of rotatable bonds is 4. The predicted molar refractivity (Wildman–Crippen MR) is 87.4 cm³/mol. The van der Waals surface area contributed by atoms with Crippen LogP contribution in [-0.2, 0) is 10.0 Å². The number of sulfonamides is 1. The Labute approximate surface area is 135 Å². The van der Waals surface area contributed by atoms with Gasteiger partial charge in [-0.15, -0.1) is 0 Å². The molecule has 7 heteroatoms. The average molecular weight is 384 g/mol. The summed E-state index contributed by atoms with van der Waals surface area (Å²) in [4.78, 5) is 0. The Bertz CT molecular complexity index is 778. The van der Waals surface area contributed by atoms with E-state index in [2.05, 4.69) is 4.72 Å². The first-order valence-electron chi connectivity index (χ1n) is 6.65. The van der Waals surface area contributed by atoms with Crippen molar-refractivity contribution >= 4 is 39.6 Å². The van der Waals surface area contributed by atoms with Crippen LogP contribution in [0, 0.1) is 0 Å². The van der Waals surface area contributed by atoms with Crippen molar-refractivity contribution in [1.82, 2.24) is 0 Å². The normalized spacial score (nSPS) is 13.7. The van der Waals surface area contributed by atoms with E-state index in [9.17, 15) is 8.42 Å². The molecule has 5 nitrogen and oxygen atoms in total. The molecule has 0 radical (unpaired) electrons. The number of hydrogen-bond donors (Lipinski definition) is 1. The Morgan fingerprint density at radius 1 is 1.05 bits per heavy atom. The Balaban J connectivity index is 2.01. The van der Waals surface area contributed by atoms with E-state index in [-0.39, 0.29) is 15.0 Å². The molecule has 1 N–H and O–H groups in total. The van der Waals surface area contributed by atoms with E-state index in [0.717, 1.165) is 15.2 Å². The molecular formula is C15H15NO4SSe. The molecule has 0 amide bonds. The maximum absolute atomic E-state index is 11.6. The predicted octanol–water partition coefficient (Wildman–Crippen LogP) is 0.484. The first kappa shape index (κ1) is 15.2.